The Hall–Kier alpha value is -1.36. The molecule has 1 N–H and O–H groups in total. The van der Waals surface area contributed by atoms with Crippen molar-refractivity contribution in [2.45, 2.75) is 13.5 Å². The number of aliphatic imine (C=N–C) groups is 1. The van der Waals surface area contributed by atoms with Gasteiger partial charge in [-0.25, -0.2) is 9.98 Å². The van der Waals surface area contributed by atoms with Crippen molar-refractivity contribution >= 4 is 46.3 Å². The number of rotatable bonds is 4. The van der Waals surface area contributed by atoms with Gasteiger partial charge in [-0.2, -0.15) is 5.10 Å². The molecule has 9 heteroatoms. The minimum atomic E-state index is 0. The summed E-state index contributed by atoms with van der Waals surface area (Å²) in [5.74, 6) is 1.83. The summed E-state index contributed by atoms with van der Waals surface area (Å²) in [5.41, 5.74) is 0. The fraction of sp³-hybridized carbons (Fsp3) is 0.533. The molecule has 3 heterocycles. The van der Waals surface area contributed by atoms with Crippen LogP contribution in [0.1, 0.15) is 12.7 Å². The maximum Gasteiger partial charge on any atom is 0.194 e. The van der Waals surface area contributed by atoms with Crippen molar-refractivity contribution in [3.8, 4) is 0 Å². The fourth-order valence-corrected chi connectivity index (χ4v) is 3.41. The van der Waals surface area contributed by atoms with Gasteiger partial charge in [0.1, 0.15) is 18.7 Å². The van der Waals surface area contributed by atoms with Crippen LogP contribution in [0.15, 0.2) is 28.8 Å². The molecule has 0 aliphatic carbocycles. The number of halogens is 1. The Morgan fingerprint density at radius 3 is 2.71 bits per heavy atom. The number of nitrogens with one attached hydrogen (secondary N) is 1. The summed E-state index contributed by atoms with van der Waals surface area (Å²) in [4.78, 5) is 13.7. The van der Waals surface area contributed by atoms with Crippen LogP contribution < -0.4 is 10.2 Å². The average Bonchev–Trinajstić information content (AvgIpc) is 3.24. The van der Waals surface area contributed by atoms with E-state index < -0.39 is 0 Å². The summed E-state index contributed by atoms with van der Waals surface area (Å²) in [5, 5.41) is 11.0. The molecule has 3 rings (SSSR count). The largest absolute Gasteiger partial charge is 0.360 e. The smallest absolute Gasteiger partial charge is 0.194 e. The number of guanidine groups is 1. The number of aromatic nitrogens is 3. The van der Waals surface area contributed by atoms with Gasteiger partial charge in [-0.15, -0.1) is 35.3 Å². The fourth-order valence-electron chi connectivity index (χ4n) is 2.62. The maximum absolute atomic E-state index is 4.72. The number of aryl methyl sites for hydroxylation is 1. The van der Waals surface area contributed by atoms with Crippen molar-refractivity contribution in [2.75, 3.05) is 37.6 Å². The zero-order chi connectivity index (χ0) is 16.1. The number of hydrogen-bond donors (Lipinski definition) is 1. The first-order chi connectivity index (χ1) is 11.3. The molecule has 0 saturated carbocycles. The van der Waals surface area contributed by atoms with E-state index in [2.05, 4.69) is 49.6 Å². The Morgan fingerprint density at radius 1 is 1.33 bits per heavy atom. The van der Waals surface area contributed by atoms with Crippen LogP contribution in [0.2, 0.25) is 0 Å². The van der Waals surface area contributed by atoms with Gasteiger partial charge in [0.15, 0.2) is 5.96 Å². The second kappa shape index (κ2) is 9.21. The Balaban J connectivity index is 0.00000208. The zero-order valence-corrected chi connectivity index (χ0v) is 17.2. The molecular weight excluding hydrogens is 437 g/mol. The Morgan fingerprint density at radius 2 is 2.12 bits per heavy atom. The Labute approximate surface area is 163 Å². The van der Waals surface area contributed by atoms with E-state index in [0.29, 0.717) is 6.54 Å². The van der Waals surface area contributed by atoms with Crippen molar-refractivity contribution in [1.29, 1.82) is 0 Å². The van der Waals surface area contributed by atoms with Gasteiger partial charge in [0.2, 0.25) is 0 Å². The van der Waals surface area contributed by atoms with E-state index >= 15 is 0 Å². The molecule has 1 aliphatic heterocycles. The molecular formula is C15H24IN7S. The van der Waals surface area contributed by atoms with Crippen molar-refractivity contribution in [2.24, 2.45) is 12.0 Å². The number of hydrogen-bond acceptors (Lipinski definition) is 5. The van der Waals surface area contributed by atoms with Crippen molar-refractivity contribution in [1.82, 2.24) is 25.0 Å². The van der Waals surface area contributed by atoms with Gasteiger partial charge >= 0.3 is 0 Å². The molecule has 2 aromatic rings. The minimum Gasteiger partial charge on any atom is -0.360 e. The normalized spacial score (nSPS) is 15.3. The lowest BCUT2D eigenvalue weighted by atomic mass is 10.3. The molecule has 0 radical (unpaired) electrons. The third kappa shape index (κ3) is 4.59. The predicted octanol–water partition coefficient (Wildman–Crippen LogP) is 1.78. The second-order valence-corrected chi connectivity index (χ2v) is 6.32. The van der Waals surface area contributed by atoms with E-state index in [9.17, 15) is 0 Å². The highest BCUT2D eigenvalue weighted by atomic mass is 127. The van der Waals surface area contributed by atoms with E-state index in [1.807, 2.05) is 7.05 Å². The lowest BCUT2D eigenvalue weighted by Gasteiger charge is -2.37. The topological polar surface area (TPSA) is 61.6 Å². The van der Waals surface area contributed by atoms with E-state index in [1.165, 1.54) is 5.00 Å². The van der Waals surface area contributed by atoms with Gasteiger partial charge in [0.05, 0.1) is 5.00 Å². The first-order valence-electron chi connectivity index (χ1n) is 7.92. The standard InChI is InChI=1S/C15H23N7S.HI/c1-3-16-15(17-11-13-18-12-19-20(13)2)22-8-6-21(7-9-22)14-5-4-10-23-14;/h4-5,10,12H,3,6-9,11H2,1-2H3,(H,16,17);1H. The molecule has 0 bridgehead atoms. The highest BCUT2D eigenvalue weighted by molar-refractivity contribution is 14.0. The van der Waals surface area contributed by atoms with Gasteiger partial charge in [0.25, 0.3) is 0 Å². The molecule has 7 nitrogen and oxygen atoms in total. The lowest BCUT2D eigenvalue weighted by molar-refractivity contribution is 0.373. The highest BCUT2D eigenvalue weighted by Gasteiger charge is 2.20. The van der Waals surface area contributed by atoms with E-state index in [0.717, 1.165) is 44.5 Å². The summed E-state index contributed by atoms with van der Waals surface area (Å²) < 4.78 is 1.77. The van der Waals surface area contributed by atoms with Gasteiger partial charge in [-0.05, 0) is 24.4 Å². The van der Waals surface area contributed by atoms with Crippen LogP contribution in [0, 0.1) is 0 Å². The molecule has 0 spiro atoms. The number of thiophene rings is 1. The van der Waals surface area contributed by atoms with Gasteiger partial charge in [0, 0.05) is 39.8 Å². The second-order valence-electron chi connectivity index (χ2n) is 5.40. The molecule has 1 aliphatic rings. The lowest BCUT2D eigenvalue weighted by Crippen LogP contribution is -2.52. The molecule has 1 fully saturated rings. The Bertz CT molecular complexity index is 632. The zero-order valence-electron chi connectivity index (χ0n) is 14.1. The van der Waals surface area contributed by atoms with Gasteiger partial charge in [-0.3, -0.25) is 4.68 Å². The summed E-state index contributed by atoms with van der Waals surface area (Å²) in [7, 11) is 1.89. The molecule has 0 unspecified atom stereocenters. The SMILES string of the molecule is CCNC(=NCc1ncnn1C)N1CCN(c2cccs2)CC1.I. The van der Waals surface area contributed by atoms with Crippen molar-refractivity contribution in [3.05, 3.63) is 29.7 Å². The number of nitrogens with zero attached hydrogens (tertiary/aromatic N) is 6. The first-order valence-corrected chi connectivity index (χ1v) is 8.80. The quantitative estimate of drug-likeness (QED) is 0.428. The van der Waals surface area contributed by atoms with Crippen LogP contribution in [0.25, 0.3) is 0 Å². The average molecular weight is 461 g/mol. The van der Waals surface area contributed by atoms with Crippen LogP contribution >= 0.6 is 35.3 Å². The minimum absolute atomic E-state index is 0. The summed E-state index contributed by atoms with van der Waals surface area (Å²) in [6.45, 7) is 7.50. The summed E-state index contributed by atoms with van der Waals surface area (Å²) in [6.07, 6.45) is 1.57. The molecule has 0 atom stereocenters. The molecule has 2 aromatic heterocycles. The third-order valence-electron chi connectivity index (χ3n) is 3.91. The van der Waals surface area contributed by atoms with Gasteiger partial charge in [-0.1, -0.05) is 0 Å². The van der Waals surface area contributed by atoms with Crippen LogP contribution in [0.3, 0.4) is 0 Å². The van der Waals surface area contributed by atoms with Crippen molar-refractivity contribution < 1.29 is 0 Å². The summed E-state index contributed by atoms with van der Waals surface area (Å²) >= 11 is 1.80. The molecule has 0 amide bonds. The molecule has 0 aromatic carbocycles. The predicted molar refractivity (Wildman–Crippen MR) is 109 cm³/mol. The van der Waals surface area contributed by atoms with Crippen LogP contribution in [0.5, 0.6) is 0 Å². The molecule has 132 valence electrons. The van der Waals surface area contributed by atoms with E-state index in [4.69, 9.17) is 4.99 Å². The maximum atomic E-state index is 4.72. The van der Waals surface area contributed by atoms with E-state index in [1.54, 1.807) is 22.3 Å². The third-order valence-corrected chi connectivity index (χ3v) is 4.84. The van der Waals surface area contributed by atoms with E-state index in [-0.39, 0.29) is 24.0 Å². The summed E-state index contributed by atoms with van der Waals surface area (Å²) in [6, 6.07) is 4.30. The first kappa shape index (κ1) is 19.0. The molecule has 24 heavy (non-hydrogen) atoms. The molecule has 1 saturated heterocycles. The van der Waals surface area contributed by atoms with Crippen molar-refractivity contribution in [3.63, 3.8) is 0 Å². The van der Waals surface area contributed by atoms with Crippen LogP contribution in [-0.4, -0.2) is 58.3 Å². The Kier molecular flexibility index (Phi) is 7.28. The monoisotopic (exact) mass is 461 g/mol. The number of piperazine rings is 1. The van der Waals surface area contributed by atoms with Crippen LogP contribution in [-0.2, 0) is 13.6 Å². The van der Waals surface area contributed by atoms with Gasteiger partial charge < -0.3 is 15.1 Å². The highest BCUT2D eigenvalue weighted by Crippen LogP contribution is 2.22. The number of anilines is 1. The van der Waals surface area contributed by atoms with Crippen LogP contribution in [0.4, 0.5) is 5.00 Å².